The third-order valence-corrected chi connectivity index (χ3v) is 3.70. The Hall–Kier alpha value is -1.88. The predicted molar refractivity (Wildman–Crippen MR) is 71.0 cm³/mol. The number of thiophene rings is 1. The third kappa shape index (κ3) is 2.36. The Morgan fingerprint density at radius 2 is 2.11 bits per heavy atom. The molecule has 1 aromatic heterocycles. The van der Waals surface area contributed by atoms with E-state index in [1.165, 1.54) is 11.3 Å². The van der Waals surface area contributed by atoms with E-state index < -0.39 is 12.0 Å². The van der Waals surface area contributed by atoms with Gasteiger partial charge in [-0.25, -0.2) is 4.79 Å². The lowest BCUT2D eigenvalue weighted by atomic mass is 10.1. The summed E-state index contributed by atoms with van der Waals surface area (Å²) in [6.07, 6.45) is 0.364. The Balaban J connectivity index is 2.26. The molecule has 0 saturated heterocycles. The molecular formula is C13H13NO3S. The molecule has 94 valence electrons. The molecule has 2 rings (SSSR count). The summed E-state index contributed by atoms with van der Waals surface area (Å²) in [7, 11) is 0. The molecule has 2 N–H and O–H groups in total. The number of amides is 1. The Bertz CT molecular complexity index is 591. The van der Waals surface area contributed by atoms with E-state index in [-0.39, 0.29) is 5.91 Å². The maximum Gasteiger partial charge on any atom is 0.326 e. The molecule has 5 heteroatoms. The van der Waals surface area contributed by atoms with Crippen molar-refractivity contribution in [2.24, 2.45) is 0 Å². The van der Waals surface area contributed by atoms with Gasteiger partial charge in [0, 0.05) is 15.5 Å². The average Bonchev–Trinajstić information content (AvgIpc) is 2.79. The lowest BCUT2D eigenvalue weighted by Gasteiger charge is -2.11. The molecule has 18 heavy (non-hydrogen) atoms. The highest BCUT2D eigenvalue weighted by Crippen LogP contribution is 2.25. The van der Waals surface area contributed by atoms with Crippen molar-refractivity contribution in [3.63, 3.8) is 0 Å². The van der Waals surface area contributed by atoms with Gasteiger partial charge in [-0.3, -0.25) is 4.79 Å². The minimum Gasteiger partial charge on any atom is -0.480 e. The van der Waals surface area contributed by atoms with Crippen molar-refractivity contribution in [3.8, 4) is 0 Å². The van der Waals surface area contributed by atoms with Crippen LogP contribution in [0.2, 0.25) is 0 Å². The molecule has 0 spiro atoms. The van der Waals surface area contributed by atoms with Gasteiger partial charge in [-0.05, 0) is 12.5 Å². The number of fused-ring (bicyclic) bond motifs is 1. The van der Waals surface area contributed by atoms with Gasteiger partial charge in [0.1, 0.15) is 6.04 Å². The van der Waals surface area contributed by atoms with Gasteiger partial charge in [0.15, 0.2) is 0 Å². The number of hydrogen-bond donors (Lipinski definition) is 2. The van der Waals surface area contributed by atoms with E-state index in [1.54, 1.807) is 12.3 Å². The van der Waals surface area contributed by atoms with Crippen LogP contribution in [0.4, 0.5) is 0 Å². The summed E-state index contributed by atoms with van der Waals surface area (Å²) < 4.78 is 1.02. The Morgan fingerprint density at radius 3 is 2.78 bits per heavy atom. The lowest BCUT2D eigenvalue weighted by molar-refractivity contribution is -0.139. The third-order valence-electron chi connectivity index (χ3n) is 2.74. The summed E-state index contributed by atoms with van der Waals surface area (Å²) in [6.45, 7) is 1.73. The maximum atomic E-state index is 12.0. The molecule has 0 aliphatic heterocycles. The van der Waals surface area contributed by atoms with Crippen LogP contribution in [-0.4, -0.2) is 23.0 Å². The van der Waals surface area contributed by atoms with Crippen molar-refractivity contribution in [2.45, 2.75) is 19.4 Å². The smallest absolute Gasteiger partial charge is 0.326 e. The molecular weight excluding hydrogens is 250 g/mol. The monoisotopic (exact) mass is 263 g/mol. The standard InChI is InChI=1S/C13H13NO3S/c1-2-10(13(16)17)14-12(15)9-7-18-11-6-4-3-5-8(9)11/h3-7,10H,2H2,1H3,(H,14,15)(H,16,17)/t10-/m0/s1. The zero-order valence-electron chi connectivity index (χ0n) is 9.84. The van der Waals surface area contributed by atoms with E-state index >= 15 is 0 Å². The van der Waals surface area contributed by atoms with E-state index in [1.807, 2.05) is 24.3 Å². The highest BCUT2D eigenvalue weighted by molar-refractivity contribution is 7.17. The van der Waals surface area contributed by atoms with Crippen LogP contribution >= 0.6 is 11.3 Å². The first-order valence-electron chi connectivity index (χ1n) is 5.63. The van der Waals surface area contributed by atoms with Crippen LogP contribution in [0.15, 0.2) is 29.6 Å². The summed E-state index contributed by atoms with van der Waals surface area (Å²) in [5.41, 5.74) is 0.537. The summed E-state index contributed by atoms with van der Waals surface area (Å²) in [5, 5.41) is 14.1. The second-order valence-electron chi connectivity index (χ2n) is 3.92. The first-order chi connectivity index (χ1) is 8.63. The Morgan fingerprint density at radius 1 is 1.39 bits per heavy atom. The molecule has 1 amide bonds. The van der Waals surface area contributed by atoms with Gasteiger partial charge in [-0.15, -0.1) is 11.3 Å². The quantitative estimate of drug-likeness (QED) is 0.890. The van der Waals surface area contributed by atoms with Gasteiger partial charge < -0.3 is 10.4 Å². The van der Waals surface area contributed by atoms with Crippen LogP contribution in [-0.2, 0) is 4.79 Å². The predicted octanol–water partition coefficient (Wildman–Crippen LogP) is 2.49. The minimum atomic E-state index is -1.01. The fourth-order valence-corrected chi connectivity index (χ4v) is 2.67. The van der Waals surface area contributed by atoms with Crippen LogP contribution in [0.5, 0.6) is 0 Å². The molecule has 2 aromatic rings. The number of rotatable bonds is 4. The second-order valence-corrected chi connectivity index (χ2v) is 4.83. The number of aliphatic carboxylic acids is 1. The average molecular weight is 263 g/mol. The fraction of sp³-hybridized carbons (Fsp3) is 0.231. The molecule has 1 aromatic carbocycles. The zero-order valence-corrected chi connectivity index (χ0v) is 10.7. The van der Waals surface area contributed by atoms with E-state index in [2.05, 4.69) is 5.32 Å². The molecule has 0 aliphatic carbocycles. The van der Waals surface area contributed by atoms with E-state index in [9.17, 15) is 9.59 Å². The van der Waals surface area contributed by atoms with Crippen LogP contribution in [0.1, 0.15) is 23.7 Å². The van der Waals surface area contributed by atoms with E-state index in [0.717, 1.165) is 10.1 Å². The van der Waals surface area contributed by atoms with Crippen LogP contribution in [0, 0.1) is 0 Å². The first-order valence-corrected chi connectivity index (χ1v) is 6.51. The molecule has 1 heterocycles. The molecule has 0 fully saturated rings. The molecule has 0 saturated carbocycles. The zero-order chi connectivity index (χ0) is 13.1. The van der Waals surface area contributed by atoms with Crippen molar-refractivity contribution in [3.05, 3.63) is 35.2 Å². The van der Waals surface area contributed by atoms with Gasteiger partial charge >= 0.3 is 5.97 Å². The summed E-state index contributed by atoms with van der Waals surface area (Å²) in [5.74, 6) is -1.34. The lowest BCUT2D eigenvalue weighted by Crippen LogP contribution is -2.40. The van der Waals surface area contributed by atoms with Gasteiger partial charge in [0.2, 0.25) is 0 Å². The number of carbonyl (C=O) groups is 2. The van der Waals surface area contributed by atoms with Crippen LogP contribution in [0.25, 0.3) is 10.1 Å². The highest BCUT2D eigenvalue weighted by Gasteiger charge is 2.20. The summed E-state index contributed by atoms with van der Waals surface area (Å²) >= 11 is 1.48. The number of carboxylic acid groups (broad SMARTS) is 1. The van der Waals surface area contributed by atoms with E-state index in [0.29, 0.717) is 12.0 Å². The van der Waals surface area contributed by atoms with Crippen molar-refractivity contribution in [2.75, 3.05) is 0 Å². The van der Waals surface area contributed by atoms with Gasteiger partial charge in [0.05, 0.1) is 5.56 Å². The molecule has 0 unspecified atom stereocenters. The Labute approximate surface area is 108 Å². The molecule has 4 nitrogen and oxygen atoms in total. The van der Waals surface area contributed by atoms with Crippen LogP contribution in [0.3, 0.4) is 0 Å². The number of carbonyl (C=O) groups excluding carboxylic acids is 1. The van der Waals surface area contributed by atoms with E-state index in [4.69, 9.17) is 5.11 Å². The molecule has 1 atom stereocenters. The van der Waals surface area contributed by atoms with Crippen molar-refractivity contribution >= 4 is 33.3 Å². The number of benzene rings is 1. The summed E-state index contributed by atoms with van der Waals surface area (Å²) in [4.78, 5) is 22.9. The minimum absolute atomic E-state index is 0.332. The van der Waals surface area contributed by atoms with Gasteiger partial charge in [-0.1, -0.05) is 25.1 Å². The largest absolute Gasteiger partial charge is 0.480 e. The van der Waals surface area contributed by atoms with Gasteiger partial charge in [-0.2, -0.15) is 0 Å². The number of hydrogen-bond acceptors (Lipinski definition) is 3. The normalized spacial score (nSPS) is 12.3. The number of nitrogens with one attached hydrogen (secondary N) is 1. The fourth-order valence-electron chi connectivity index (χ4n) is 1.73. The number of carboxylic acids is 1. The van der Waals surface area contributed by atoms with Crippen molar-refractivity contribution in [1.29, 1.82) is 0 Å². The SMILES string of the molecule is CC[C@H](NC(=O)c1csc2ccccc12)C(=O)O. The molecule has 0 bridgehead atoms. The molecule has 0 radical (unpaired) electrons. The van der Waals surface area contributed by atoms with Crippen molar-refractivity contribution in [1.82, 2.24) is 5.32 Å². The summed E-state index contributed by atoms with van der Waals surface area (Å²) in [6, 6.07) is 6.73. The maximum absolute atomic E-state index is 12.0. The topological polar surface area (TPSA) is 66.4 Å². The first kappa shape index (κ1) is 12.6. The Kier molecular flexibility index (Phi) is 3.62. The highest BCUT2D eigenvalue weighted by atomic mass is 32.1. The van der Waals surface area contributed by atoms with Crippen LogP contribution < -0.4 is 5.32 Å². The van der Waals surface area contributed by atoms with Gasteiger partial charge in [0.25, 0.3) is 5.91 Å². The van der Waals surface area contributed by atoms with Crippen molar-refractivity contribution < 1.29 is 14.7 Å². The molecule has 0 aliphatic rings. The second kappa shape index (κ2) is 5.18.